The first kappa shape index (κ1) is 17.9. The highest BCUT2D eigenvalue weighted by atomic mass is 19.1. The van der Waals surface area contributed by atoms with E-state index < -0.39 is 0 Å². The minimum atomic E-state index is -0.350. The molecule has 0 atom stereocenters. The van der Waals surface area contributed by atoms with Gasteiger partial charge in [0.05, 0.1) is 5.52 Å². The third kappa shape index (κ3) is 3.36. The first-order chi connectivity index (χ1) is 13.5. The number of carbonyl (C=O) groups is 2. The molecule has 2 aromatic heterocycles. The van der Waals surface area contributed by atoms with Crippen LogP contribution < -0.4 is 5.32 Å². The van der Waals surface area contributed by atoms with Crippen molar-refractivity contribution >= 4 is 33.5 Å². The van der Waals surface area contributed by atoms with Crippen LogP contribution in [0.4, 0.5) is 4.39 Å². The summed E-state index contributed by atoms with van der Waals surface area (Å²) in [6.45, 7) is 1.82. The molecule has 0 aliphatic heterocycles. The fourth-order valence-electron chi connectivity index (χ4n) is 3.28. The lowest BCUT2D eigenvalue weighted by molar-refractivity contribution is 0.0949. The van der Waals surface area contributed by atoms with Crippen LogP contribution >= 0.6 is 0 Å². The molecular formula is C22H18FN3O2. The van der Waals surface area contributed by atoms with Gasteiger partial charge in [0.2, 0.25) is 0 Å². The topological polar surface area (TPSA) is 74.8 Å². The van der Waals surface area contributed by atoms with E-state index in [1.807, 2.05) is 24.3 Å². The van der Waals surface area contributed by atoms with E-state index in [4.69, 9.17) is 0 Å². The molecule has 6 heteroatoms. The van der Waals surface area contributed by atoms with Crippen molar-refractivity contribution < 1.29 is 14.0 Å². The molecule has 5 nitrogen and oxygen atoms in total. The first-order valence-corrected chi connectivity index (χ1v) is 8.98. The number of H-pyrrole nitrogens is 1. The Balaban J connectivity index is 1.62. The predicted molar refractivity (Wildman–Crippen MR) is 106 cm³/mol. The molecule has 0 radical (unpaired) electrons. The number of hydrogen-bond acceptors (Lipinski definition) is 3. The Morgan fingerprint density at radius 2 is 1.82 bits per heavy atom. The van der Waals surface area contributed by atoms with Crippen LogP contribution in [0, 0.1) is 5.82 Å². The van der Waals surface area contributed by atoms with Gasteiger partial charge in [0, 0.05) is 29.8 Å². The molecule has 0 saturated carbocycles. The number of para-hydroxylation sites is 1. The van der Waals surface area contributed by atoms with Crippen molar-refractivity contribution in [2.45, 2.75) is 13.3 Å². The summed E-state index contributed by atoms with van der Waals surface area (Å²) in [5.74, 6) is -0.852. The maximum absolute atomic E-state index is 13.0. The largest absolute Gasteiger partial charge is 0.353 e. The SMILES string of the molecule is CC(=O)c1nc(C(=O)NCCc2ccc(F)cc2)cc2c1[nH]c1ccccc12. The molecule has 0 spiro atoms. The highest BCUT2D eigenvalue weighted by Gasteiger charge is 2.17. The molecule has 0 bridgehead atoms. The van der Waals surface area contributed by atoms with Crippen molar-refractivity contribution in [1.82, 2.24) is 15.3 Å². The molecule has 4 rings (SSSR count). The number of ketones is 1. The van der Waals surface area contributed by atoms with Crippen molar-refractivity contribution in [2.75, 3.05) is 6.54 Å². The zero-order valence-electron chi connectivity index (χ0n) is 15.3. The number of aromatic amines is 1. The molecule has 0 unspecified atom stereocenters. The molecular weight excluding hydrogens is 357 g/mol. The van der Waals surface area contributed by atoms with E-state index >= 15 is 0 Å². The third-order valence-corrected chi connectivity index (χ3v) is 4.67. The lowest BCUT2D eigenvalue weighted by Gasteiger charge is -2.07. The lowest BCUT2D eigenvalue weighted by atomic mass is 10.1. The van der Waals surface area contributed by atoms with Gasteiger partial charge in [-0.1, -0.05) is 30.3 Å². The van der Waals surface area contributed by atoms with E-state index in [0.717, 1.165) is 21.9 Å². The van der Waals surface area contributed by atoms with Crippen molar-refractivity contribution in [3.05, 3.63) is 77.4 Å². The Kier molecular flexibility index (Phi) is 4.61. The molecule has 0 saturated heterocycles. The van der Waals surface area contributed by atoms with Gasteiger partial charge in [-0.3, -0.25) is 9.59 Å². The number of Topliss-reactive ketones (excluding diaryl/α,β-unsaturated/α-hetero) is 1. The number of aromatic nitrogens is 2. The van der Waals surface area contributed by atoms with E-state index in [9.17, 15) is 14.0 Å². The van der Waals surface area contributed by atoms with Crippen molar-refractivity contribution in [3.63, 3.8) is 0 Å². The summed E-state index contributed by atoms with van der Waals surface area (Å²) < 4.78 is 13.0. The summed E-state index contributed by atoms with van der Waals surface area (Å²) >= 11 is 0. The van der Waals surface area contributed by atoms with Crippen LogP contribution in [-0.4, -0.2) is 28.2 Å². The summed E-state index contributed by atoms with van der Waals surface area (Å²) in [7, 11) is 0. The van der Waals surface area contributed by atoms with Gasteiger partial charge in [-0.2, -0.15) is 0 Å². The molecule has 1 amide bonds. The van der Waals surface area contributed by atoms with Gasteiger partial charge in [0.15, 0.2) is 5.78 Å². The zero-order chi connectivity index (χ0) is 19.7. The molecule has 2 heterocycles. The van der Waals surface area contributed by atoms with E-state index in [-0.39, 0.29) is 28.9 Å². The summed E-state index contributed by atoms with van der Waals surface area (Å²) in [4.78, 5) is 32.2. The number of halogens is 1. The van der Waals surface area contributed by atoms with E-state index in [2.05, 4.69) is 15.3 Å². The number of hydrogen-bond donors (Lipinski definition) is 2. The maximum atomic E-state index is 13.0. The monoisotopic (exact) mass is 375 g/mol. The van der Waals surface area contributed by atoms with Crippen LogP contribution in [0.1, 0.15) is 33.5 Å². The second kappa shape index (κ2) is 7.23. The van der Waals surface area contributed by atoms with E-state index in [1.54, 1.807) is 18.2 Å². The predicted octanol–water partition coefficient (Wildman–Crippen LogP) is 4.03. The smallest absolute Gasteiger partial charge is 0.269 e. The minimum Gasteiger partial charge on any atom is -0.353 e. The molecule has 140 valence electrons. The average molecular weight is 375 g/mol. The highest BCUT2D eigenvalue weighted by Crippen LogP contribution is 2.27. The van der Waals surface area contributed by atoms with Crippen molar-refractivity contribution in [3.8, 4) is 0 Å². The standard InChI is InChI=1S/C22H18FN3O2/c1-13(27)20-21-17(16-4-2-3-5-18(16)25-21)12-19(26-20)22(28)24-11-10-14-6-8-15(23)9-7-14/h2-9,12,25H,10-11H2,1H3,(H,24,28). The second-order valence-electron chi connectivity index (χ2n) is 6.64. The summed E-state index contributed by atoms with van der Waals surface area (Å²) in [6, 6.07) is 15.5. The van der Waals surface area contributed by atoms with Gasteiger partial charge in [-0.05, 0) is 36.2 Å². The van der Waals surface area contributed by atoms with Crippen LogP contribution in [-0.2, 0) is 6.42 Å². The van der Waals surface area contributed by atoms with Crippen LogP contribution in [0.5, 0.6) is 0 Å². The average Bonchev–Trinajstić information content (AvgIpc) is 3.07. The molecule has 0 fully saturated rings. The van der Waals surface area contributed by atoms with E-state index in [0.29, 0.717) is 18.5 Å². The van der Waals surface area contributed by atoms with Gasteiger partial charge in [0.25, 0.3) is 5.91 Å². The number of nitrogens with zero attached hydrogens (tertiary/aromatic N) is 1. The van der Waals surface area contributed by atoms with Gasteiger partial charge < -0.3 is 10.3 Å². The summed E-state index contributed by atoms with van der Waals surface area (Å²) in [5.41, 5.74) is 2.89. The Morgan fingerprint density at radius 3 is 2.57 bits per heavy atom. The van der Waals surface area contributed by atoms with Crippen LogP contribution in [0.2, 0.25) is 0 Å². The second-order valence-corrected chi connectivity index (χ2v) is 6.64. The first-order valence-electron chi connectivity index (χ1n) is 8.98. The molecule has 2 aromatic carbocycles. The Morgan fingerprint density at radius 1 is 1.07 bits per heavy atom. The summed E-state index contributed by atoms with van der Waals surface area (Å²) in [6.07, 6.45) is 0.570. The number of amides is 1. The number of nitrogens with one attached hydrogen (secondary N) is 2. The number of rotatable bonds is 5. The molecule has 2 N–H and O–H groups in total. The van der Waals surface area contributed by atoms with Crippen molar-refractivity contribution in [1.29, 1.82) is 0 Å². The zero-order valence-corrected chi connectivity index (χ0v) is 15.3. The number of benzene rings is 2. The van der Waals surface area contributed by atoms with Gasteiger partial charge >= 0.3 is 0 Å². The number of pyridine rings is 1. The molecule has 0 aliphatic carbocycles. The van der Waals surface area contributed by atoms with Crippen LogP contribution in [0.15, 0.2) is 54.6 Å². The quantitative estimate of drug-likeness (QED) is 0.517. The number of carbonyl (C=O) groups excluding carboxylic acids is 2. The Bertz CT molecular complexity index is 1200. The maximum Gasteiger partial charge on any atom is 0.269 e. The highest BCUT2D eigenvalue weighted by molar-refractivity contribution is 6.15. The Labute approximate surface area is 160 Å². The molecule has 28 heavy (non-hydrogen) atoms. The summed E-state index contributed by atoms with van der Waals surface area (Å²) in [5, 5.41) is 4.54. The van der Waals surface area contributed by atoms with Gasteiger partial charge in [0.1, 0.15) is 17.2 Å². The van der Waals surface area contributed by atoms with Crippen molar-refractivity contribution in [2.24, 2.45) is 0 Å². The third-order valence-electron chi connectivity index (χ3n) is 4.67. The van der Waals surface area contributed by atoms with Crippen LogP contribution in [0.3, 0.4) is 0 Å². The van der Waals surface area contributed by atoms with Crippen LogP contribution in [0.25, 0.3) is 21.8 Å². The normalized spacial score (nSPS) is 11.1. The Hall–Kier alpha value is -3.54. The van der Waals surface area contributed by atoms with E-state index in [1.165, 1.54) is 19.1 Å². The number of fused-ring (bicyclic) bond motifs is 3. The fraction of sp³-hybridized carbons (Fsp3) is 0.136. The minimum absolute atomic E-state index is 0.196. The molecule has 4 aromatic rings. The van der Waals surface area contributed by atoms with Gasteiger partial charge in [-0.15, -0.1) is 0 Å². The lowest BCUT2D eigenvalue weighted by Crippen LogP contribution is -2.27. The van der Waals surface area contributed by atoms with Gasteiger partial charge in [-0.25, -0.2) is 9.37 Å². The molecule has 0 aliphatic rings. The fourth-order valence-corrected chi connectivity index (χ4v) is 3.28.